The minimum atomic E-state index is 0.321. The number of rotatable bonds is 4. The Morgan fingerprint density at radius 1 is 1.56 bits per heavy atom. The first-order valence-electron chi connectivity index (χ1n) is 5.30. The zero-order valence-electron chi connectivity index (χ0n) is 9.78. The summed E-state index contributed by atoms with van der Waals surface area (Å²) in [6.07, 6.45) is 0.887. The zero-order chi connectivity index (χ0) is 12.0. The molecule has 0 amide bonds. The van der Waals surface area contributed by atoms with Gasteiger partial charge in [-0.1, -0.05) is 13.0 Å². The van der Waals surface area contributed by atoms with Gasteiger partial charge in [0.25, 0.3) is 0 Å². The van der Waals surface area contributed by atoms with Crippen LogP contribution in [-0.4, -0.2) is 16.9 Å². The van der Waals surface area contributed by atoms with Crippen molar-refractivity contribution in [3.05, 3.63) is 22.4 Å². The van der Waals surface area contributed by atoms with Crippen molar-refractivity contribution in [3.63, 3.8) is 0 Å². The highest BCUT2D eigenvalue weighted by Crippen LogP contribution is 2.11. The third kappa shape index (κ3) is 4.28. The van der Waals surface area contributed by atoms with Crippen molar-refractivity contribution in [2.45, 2.75) is 33.2 Å². The lowest BCUT2D eigenvalue weighted by Gasteiger charge is -2.10. The van der Waals surface area contributed by atoms with E-state index in [2.05, 4.69) is 28.8 Å². The molecule has 3 nitrogen and oxygen atoms in total. The monoisotopic (exact) mass is 255 g/mol. The molecule has 0 saturated heterocycles. The number of thiocarbonyl (C=S) groups is 1. The molecular weight excluding hydrogens is 238 g/mol. The Bertz CT molecular complexity index is 355. The second-order valence-corrected chi connectivity index (χ2v) is 4.99. The van der Waals surface area contributed by atoms with E-state index < -0.39 is 0 Å². The molecule has 0 spiro atoms. The molecule has 0 saturated carbocycles. The lowest BCUT2D eigenvalue weighted by Crippen LogP contribution is -2.37. The fraction of sp³-hybridized carbons (Fsp3) is 0.455. The molecule has 0 unspecified atom stereocenters. The van der Waals surface area contributed by atoms with Crippen LogP contribution in [-0.2, 0) is 0 Å². The van der Waals surface area contributed by atoms with Crippen molar-refractivity contribution in [1.82, 2.24) is 10.7 Å². The topological polar surface area (TPSA) is 36.4 Å². The van der Waals surface area contributed by atoms with Crippen molar-refractivity contribution < 1.29 is 0 Å². The van der Waals surface area contributed by atoms with Gasteiger partial charge in [-0.15, -0.1) is 11.3 Å². The molecular formula is C11H17N3S2. The molecule has 0 radical (unpaired) electrons. The summed E-state index contributed by atoms with van der Waals surface area (Å²) in [7, 11) is 0. The van der Waals surface area contributed by atoms with Crippen LogP contribution < -0.4 is 10.7 Å². The van der Waals surface area contributed by atoms with E-state index >= 15 is 0 Å². The van der Waals surface area contributed by atoms with Crippen LogP contribution in [0.25, 0.3) is 0 Å². The molecule has 0 atom stereocenters. The SMILES string of the molecule is CC/C(=N/NC(=S)NC(C)C)c1cccs1. The van der Waals surface area contributed by atoms with E-state index in [1.165, 1.54) is 4.88 Å². The molecule has 0 aromatic carbocycles. The number of nitrogens with zero attached hydrogens (tertiary/aromatic N) is 1. The van der Waals surface area contributed by atoms with Crippen molar-refractivity contribution in [2.75, 3.05) is 0 Å². The lowest BCUT2D eigenvalue weighted by atomic mass is 10.2. The van der Waals surface area contributed by atoms with Crippen LogP contribution in [0.15, 0.2) is 22.6 Å². The lowest BCUT2D eigenvalue weighted by molar-refractivity contribution is 0.719. The van der Waals surface area contributed by atoms with Gasteiger partial charge in [0.05, 0.1) is 10.6 Å². The first kappa shape index (κ1) is 13.1. The summed E-state index contributed by atoms with van der Waals surface area (Å²) < 4.78 is 0. The molecule has 16 heavy (non-hydrogen) atoms. The van der Waals surface area contributed by atoms with Crippen LogP contribution in [0.4, 0.5) is 0 Å². The largest absolute Gasteiger partial charge is 0.359 e. The van der Waals surface area contributed by atoms with Gasteiger partial charge in [0, 0.05) is 6.04 Å². The van der Waals surface area contributed by atoms with E-state index in [4.69, 9.17) is 12.2 Å². The maximum absolute atomic E-state index is 5.10. The van der Waals surface area contributed by atoms with E-state index in [-0.39, 0.29) is 0 Å². The van der Waals surface area contributed by atoms with E-state index in [9.17, 15) is 0 Å². The Hall–Kier alpha value is -0.940. The summed E-state index contributed by atoms with van der Waals surface area (Å²) in [5, 5.41) is 10.0. The van der Waals surface area contributed by atoms with Crippen LogP contribution in [0, 0.1) is 0 Å². The summed E-state index contributed by atoms with van der Waals surface area (Å²) >= 11 is 6.79. The van der Waals surface area contributed by atoms with Gasteiger partial charge in [0.1, 0.15) is 0 Å². The summed E-state index contributed by atoms with van der Waals surface area (Å²) in [5.74, 6) is 0. The van der Waals surface area contributed by atoms with Gasteiger partial charge >= 0.3 is 0 Å². The van der Waals surface area contributed by atoms with Crippen molar-refractivity contribution in [3.8, 4) is 0 Å². The van der Waals surface area contributed by atoms with E-state index in [0.717, 1.165) is 12.1 Å². The number of hydrogen-bond donors (Lipinski definition) is 2. The van der Waals surface area contributed by atoms with Gasteiger partial charge in [-0.05, 0) is 43.9 Å². The number of thiophene rings is 1. The van der Waals surface area contributed by atoms with Gasteiger partial charge in [0.15, 0.2) is 5.11 Å². The third-order valence-electron chi connectivity index (χ3n) is 1.85. The average Bonchev–Trinajstić information content (AvgIpc) is 2.71. The Balaban J connectivity index is 2.57. The highest BCUT2D eigenvalue weighted by atomic mass is 32.1. The smallest absolute Gasteiger partial charge is 0.187 e. The van der Waals surface area contributed by atoms with Crippen LogP contribution in [0.1, 0.15) is 32.1 Å². The molecule has 1 aromatic rings. The zero-order valence-corrected chi connectivity index (χ0v) is 11.4. The highest BCUT2D eigenvalue weighted by molar-refractivity contribution is 7.80. The minimum absolute atomic E-state index is 0.321. The molecule has 0 bridgehead atoms. The van der Waals surface area contributed by atoms with E-state index in [1.807, 2.05) is 25.3 Å². The van der Waals surface area contributed by atoms with Crippen molar-refractivity contribution in [1.29, 1.82) is 0 Å². The second-order valence-electron chi connectivity index (χ2n) is 3.63. The van der Waals surface area contributed by atoms with E-state index in [1.54, 1.807) is 11.3 Å². The van der Waals surface area contributed by atoms with Crippen molar-refractivity contribution >= 4 is 34.4 Å². The summed E-state index contributed by atoms with van der Waals surface area (Å²) in [4.78, 5) is 1.18. The number of hydrogen-bond acceptors (Lipinski definition) is 3. The Morgan fingerprint density at radius 2 is 2.31 bits per heavy atom. The molecule has 0 aliphatic carbocycles. The normalized spacial score (nSPS) is 11.6. The molecule has 2 N–H and O–H groups in total. The molecule has 0 fully saturated rings. The Morgan fingerprint density at radius 3 is 2.81 bits per heavy atom. The third-order valence-corrected chi connectivity index (χ3v) is 2.98. The average molecular weight is 255 g/mol. The summed E-state index contributed by atoms with van der Waals surface area (Å²) in [6, 6.07) is 4.41. The molecule has 1 rings (SSSR count). The van der Waals surface area contributed by atoms with Gasteiger partial charge < -0.3 is 5.32 Å². The van der Waals surface area contributed by atoms with E-state index in [0.29, 0.717) is 11.2 Å². The molecule has 0 aliphatic heterocycles. The van der Waals surface area contributed by atoms with Crippen LogP contribution in [0.5, 0.6) is 0 Å². The predicted molar refractivity (Wildman–Crippen MR) is 75.2 cm³/mol. The standard InChI is InChI=1S/C11H17N3S2/c1-4-9(10-6-5-7-16-10)13-14-11(15)12-8(2)3/h5-8H,4H2,1-3H3,(H2,12,14,15)/b13-9-. The predicted octanol–water partition coefficient (Wildman–Crippen LogP) is 2.73. The Kier molecular flexibility index (Phi) is 5.42. The molecule has 1 aromatic heterocycles. The van der Waals surface area contributed by atoms with Gasteiger partial charge in [-0.2, -0.15) is 5.10 Å². The van der Waals surface area contributed by atoms with Gasteiger partial charge in [-0.25, -0.2) is 0 Å². The Labute approximate surface area is 106 Å². The molecule has 5 heteroatoms. The molecule has 0 aliphatic rings. The van der Waals surface area contributed by atoms with Crippen LogP contribution >= 0.6 is 23.6 Å². The fourth-order valence-electron chi connectivity index (χ4n) is 1.16. The number of hydrazone groups is 1. The molecule has 1 heterocycles. The van der Waals surface area contributed by atoms with Gasteiger partial charge in [0.2, 0.25) is 0 Å². The highest BCUT2D eigenvalue weighted by Gasteiger charge is 2.02. The quantitative estimate of drug-likeness (QED) is 0.493. The maximum atomic E-state index is 5.10. The maximum Gasteiger partial charge on any atom is 0.187 e. The summed E-state index contributed by atoms with van der Waals surface area (Å²) in [6.45, 7) is 6.16. The second kappa shape index (κ2) is 6.60. The van der Waals surface area contributed by atoms with Crippen molar-refractivity contribution in [2.24, 2.45) is 5.10 Å². The first-order chi connectivity index (χ1) is 7.63. The minimum Gasteiger partial charge on any atom is -0.359 e. The van der Waals surface area contributed by atoms with Crippen LogP contribution in [0.2, 0.25) is 0 Å². The summed E-state index contributed by atoms with van der Waals surface area (Å²) in [5.41, 5.74) is 3.90. The molecule has 88 valence electrons. The number of nitrogens with one attached hydrogen (secondary N) is 2. The first-order valence-corrected chi connectivity index (χ1v) is 6.59. The fourth-order valence-corrected chi connectivity index (χ4v) is 2.23. The van der Waals surface area contributed by atoms with Crippen LogP contribution in [0.3, 0.4) is 0 Å². The van der Waals surface area contributed by atoms with Gasteiger partial charge in [-0.3, -0.25) is 5.43 Å².